The van der Waals surface area contributed by atoms with Gasteiger partial charge in [0.15, 0.2) is 17.5 Å². The predicted octanol–water partition coefficient (Wildman–Crippen LogP) is 11.3. The van der Waals surface area contributed by atoms with Crippen LogP contribution in [0.3, 0.4) is 0 Å². The van der Waals surface area contributed by atoms with Crippen LogP contribution in [-0.2, 0) is 0 Å². The highest BCUT2D eigenvalue weighted by molar-refractivity contribution is 6.09. The molecule has 0 N–H and O–H groups in total. The molecule has 0 amide bonds. The number of furan rings is 1. The van der Waals surface area contributed by atoms with Crippen molar-refractivity contribution in [3.8, 4) is 56.4 Å². The Morgan fingerprint density at radius 3 is 1.60 bits per heavy atom. The highest BCUT2D eigenvalue weighted by Gasteiger charge is 2.20. The van der Waals surface area contributed by atoms with Gasteiger partial charge in [0.25, 0.3) is 0 Å². The van der Waals surface area contributed by atoms with E-state index in [1.807, 2.05) is 48.5 Å². The number of benzene rings is 7. The lowest BCUT2D eigenvalue weighted by Crippen LogP contribution is -2.02. The third-order valence-corrected chi connectivity index (χ3v) is 8.78. The summed E-state index contributed by atoms with van der Waals surface area (Å²) >= 11 is 0. The molecule has 0 spiro atoms. The van der Waals surface area contributed by atoms with Gasteiger partial charge in [-0.15, -0.1) is 0 Å². The van der Waals surface area contributed by atoms with Crippen LogP contribution in [-0.4, -0.2) is 15.0 Å². The summed E-state index contributed by atoms with van der Waals surface area (Å²) in [6.07, 6.45) is 0. The van der Waals surface area contributed by atoms with Crippen molar-refractivity contribution < 1.29 is 4.42 Å². The third kappa shape index (κ3) is 4.66. The Hall–Kier alpha value is -6.39. The number of para-hydroxylation sites is 2. The molecule has 0 radical (unpaired) electrons. The zero-order chi connectivity index (χ0) is 31.2. The molecule has 0 bridgehead atoms. The molecule has 0 aliphatic rings. The molecule has 0 saturated carbocycles. The maximum atomic E-state index is 6.46. The van der Waals surface area contributed by atoms with E-state index >= 15 is 0 Å². The summed E-state index contributed by atoms with van der Waals surface area (Å²) in [6.45, 7) is 0. The lowest BCUT2D eigenvalue weighted by molar-refractivity contribution is 0.669. The Morgan fingerprint density at radius 1 is 0.319 bits per heavy atom. The maximum absolute atomic E-state index is 6.46. The average Bonchev–Trinajstić information content (AvgIpc) is 3.54. The molecule has 0 aliphatic heterocycles. The first-order valence-corrected chi connectivity index (χ1v) is 15.7. The Balaban J connectivity index is 1.33. The van der Waals surface area contributed by atoms with Gasteiger partial charge in [0, 0.05) is 21.9 Å². The van der Waals surface area contributed by atoms with E-state index in [0.717, 1.165) is 60.9 Å². The van der Waals surface area contributed by atoms with Crippen molar-refractivity contribution in [3.63, 3.8) is 0 Å². The van der Waals surface area contributed by atoms with E-state index in [9.17, 15) is 0 Å². The van der Waals surface area contributed by atoms with Crippen molar-refractivity contribution in [2.45, 2.75) is 0 Å². The molecule has 0 atom stereocenters. The minimum Gasteiger partial charge on any atom is -0.455 e. The summed E-state index contributed by atoms with van der Waals surface area (Å²) in [5, 5.41) is 4.46. The first kappa shape index (κ1) is 27.0. The molecule has 0 saturated heterocycles. The summed E-state index contributed by atoms with van der Waals surface area (Å²) in [6, 6.07) is 56.2. The molecule has 4 nitrogen and oxygen atoms in total. The molecule has 0 unspecified atom stereocenters. The topological polar surface area (TPSA) is 51.8 Å². The lowest BCUT2D eigenvalue weighted by atomic mass is 9.94. The number of fused-ring (bicyclic) bond motifs is 4. The minimum atomic E-state index is 0.560. The highest BCUT2D eigenvalue weighted by Crippen LogP contribution is 2.39. The Kier molecular flexibility index (Phi) is 6.43. The van der Waals surface area contributed by atoms with Crippen LogP contribution in [0, 0.1) is 0 Å². The Bertz CT molecular complexity index is 2580. The van der Waals surface area contributed by atoms with Crippen molar-refractivity contribution in [3.05, 3.63) is 164 Å². The van der Waals surface area contributed by atoms with Gasteiger partial charge >= 0.3 is 0 Å². The zero-order valence-electron chi connectivity index (χ0n) is 25.3. The predicted molar refractivity (Wildman–Crippen MR) is 192 cm³/mol. The van der Waals surface area contributed by atoms with Crippen molar-refractivity contribution in [2.24, 2.45) is 0 Å². The maximum Gasteiger partial charge on any atom is 0.167 e. The monoisotopic (exact) mass is 601 g/mol. The van der Waals surface area contributed by atoms with Crippen LogP contribution < -0.4 is 0 Å². The highest BCUT2D eigenvalue weighted by atomic mass is 16.3. The smallest absolute Gasteiger partial charge is 0.167 e. The fourth-order valence-corrected chi connectivity index (χ4v) is 6.58. The van der Waals surface area contributed by atoms with Crippen LogP contribution in [0.5, 0.6) is 0 Å². The molecule has 9 rings (SSSR count). The summed E-state index contributed by atoms with van der Waals surface area (Å²) in [4.78, 5) is 15.6. The van der Waals surface area contributed by atoms with Crippen molar-refractivity contribution in [1.29, 1.82) is 0 Å². The summed E-state index contributed by atoms with van der Waals surface area (Å²) in [7, 11) is 0. The second kappa shape index (κ2) is 11.2. The Morgan fingerprint density at radius 2 is 0.809 bits per heavy atom. The van der Waals surface area contributed by atoms with Gasteiger partial charge in [0.05, 0.1) is 5.56 Å². The van der Waals surface area contributed by atoms with Crippen LogP contribution in [0.4, 0.5) is 0 Å². The van der Waals surface area contributed by atoms with E-state index < -0.39 is 0 Å². The van der Waals surface area contributed by atoms with Gasteiger partial charge in [-0.05, 0) is 45.2 Å². The Labute approximate surface area is 271 Å². The van der Waals surface area contributed by atoms with E-state index in [1.54, 1.807) is 0 Å². The lowest BCUT2D eigenvalue weighted by Gasteiger charge is -2.15. The van der Waals surface area contributed by atoms with Crippen LogP contribution in [0.25, 0.3) is 89.1 Å². The van der Waals surface area contributed by atoms with Gasteiger partial charge < -0.3 is 4.42 Å². The molecule has 2 aromatic heterocycles. The van der Waals surface area contributed by atoms with E-state index in [0.29, 0.717) is 17.5 Å². The molecule has 47 heavy (non-hydrogen) atoms. The van der Waals surface area contributed by atoms with Crippen molar-refractivity contribution in [1.82, 2.24) is 15.0 Å². The average molecular weight is 602 g/mol. The minimum absolute atomic E-state index is 0.560. The molecule has 4 heteroatoms. The molecular formula is C43H27N3O. The fraction of sp³-hybridized carbons (Fsp3) is 0. The van der Waals surface area contributed by atoms with Gasteiger partial charge in [-0.25, -0.2) is 15.0 Å². The molecule has 2 heterocycles. The molecule has 0 aliphatic carbocycles. The van der Waals surface area contributed by atoms with Crippen molar-refractivity contribution >= 4 is 32.7 Å². The second-order valence-corrected chi connectivity index (χ2v) is 11.6. The second-order valence-electron chi connectivity index (χ2n) is 11.6. The van der Waals surface area contributed by atoms with E-state index in [-0.39, 0.29) is 0 Å². The van der Waals surface area contributed by atoms with Crippen LogP contribution in [0.15, 0.2) is 168 Å². The third-order valence-electron chi connectivity index (χ3n) is 8.78. The van der Waals surface area contributed by atoms with Gasteiger partial charge in [0.2, 0.25) is 0 Å². The number of hydrogen-bond acceptors (Lipinski definition) is 4. The summed E-state index contributed by atoms with van der Waals surface area (Å²) in [5.41, 5.74) is 8.63. The first-order valence-electron chi connectivity index (χ1n) is 15.7. The van der Waals surface area contributed by atoms with Crippen LogP contribution >= 0.6 is 0 Å². The standard InChI is InChI=1S/C43H27N3O/c1-2-14-28(15-3-1)31-19-6-8-22-36(31)41-44-42(37-23-9-7-20-33(37)32-24-12-17-29-16-4-5-18-30(29)32)46-43(45-41)38-26-13-25-35-34-21-10-11-27-39(34)47-40(35)38/h1-27H. The van der Waals surface area contributed by atoms with Crippen LogP contribution in [0.1, 0.15) is 0 Å². The fourth-order valence-electron chi connectivity index (χ4n) is 6.58. The zero-order valence-corrected chi connectivity index (χ0v) is 25.3. The largest absolute Gasteiger partial charge is 0.455 e. The van der Waals surface area contributed by atoms with Gasteiger partial charge in [-0.3, -0.25) is 0 Å². The van der Waals surface area contributed by atoms with Gasteiger partial charge in [-0.1, -0.05) is 152 Å². The number of hydrogen-bond donors (Lipinski definition) is 0. The van der Waals surface area contributed by atoms with E-state index in [1.165, 1.54) is 10.8 Å². The van der Waals surface area contributed by atoms with Crippen LogP contribution in [0.2, 0.25) is 0 Å². The normalized spacial score (nSPS) is 11.4. The van der Waals surface area contributed by atoms with Gasteiger partial charge in [0.1, 0.15) is 11.2 Å². The van der Waals surface area contributed by atoms with E-state index in [2.05, 4.69) is 115 Å². The van der Waals surface area contributed by atoms with Crippen molar-refractivity contribution in [2.75, 3.05) is 0 Å². The number of nitrogens with zero attached hydrogens (tertiary/aromatic N) is 3. The molecule has 9 aromatic rings. The first-order chi connectivity index (χ1) is 23.3. The molecule has 0 fully saturated rings. The quantitative estimate of drug-likeness (QED) is 0.197. The summed E-state index contributed by atoms with van der Waals surface area (Å²) in [5.74, 6) is 1.76. The molecule has 220 valence electrons. The van der Waals surface area contributed by atoms with Gasteiger partial charge in [-0.2, -0.15) is 0 Å². The summed E-state index contributed by atoms with van der Waals surface area (Å²) < 4.78 is 6.46. The van der Waals surface area contributed by atoms with E-state index in [4.69, 9.17) is 19.4 Å². The number of aromatic nitrogens is 3. The molecule has 7 aromatic carbocycles. The SMILES string of the molecule is c1ccc(-c2ccccc2-c2nc(-c3ccccc3-c3cccc4ccccc34)nc(-c3cccc4c3oc3ccccc34)n2)cc1. The molecular weight excluding hydrogens is 574 g/mol. The number of rotatable bonds is 5.